The number of ether oxygens (including phenoxy) is 1. The van der Waals surface area contributed by atoms with Crippen LogP contribution in [0.2, 0.25) is 0 Å². The predicted octanol–water partition coefficient (Wildman–Crippen LogP) is 2.65. The first kappa shape index (κ1) is 12.2. The SMILES string of the molecule is COCc1nc(C(C)(C)C)sc1CC#N. The van der Waals surface area contributed by atoms with Gasteiger partial charge in [-0.15, -0.1) is 11.3 Å². The summed E-state index contributed by atoms with van der Waals surface area (Å²) in [6, 6.07) is 2.16. The van der Waals surface area contributed by atoms with Crippen LogP contribution < -0.4 is 0 Å². The highest BCUT2D eigenvalue weighted by Crippen LogP contribution is 2.29. The van der Waals surface area contributed by atoms with Crippen molar-refractivity contribution < 1.29 is 4.74 Å². The first-order chi connectivity index (χ1) is 6.99. The maximum absolute atomic E-state index is 8.71. The van der Waals surface area contributed by atoms with E-state index in [1.54, 1.807) is 18.4 Å². The highest BCUT2D eigenvalue weighted by molar-refractivity contribution is 7.11. The summed E-state index contributed by atoms with van der Waals surface area (Å²) in [4.78, 5) is 5.56. The number of nitriles is 1. The van der Waals surface area contributed by atoms with Crippen LogP contribution in [0, 0.1) is 11.3 Å². The first-order valence-electron chi connectivity index (χ1n) is 4.84. The molecule has 0 spiro atoms. The van der Waals surface area contributed by atoms with Gasteiger partial charge in [0.25, 0.3) is 0 Å². The third-order valence-electron chi connectivity index (χ3n) is 1.94. The molecule has 0 aliphatic rings. The molecule has 3 nitrogen and oxygen atoms in total. The number of thiazole rings is 1. The van der Waals surface area contributed by atoms with Gasteiger partial charge in [-0.25, -0.2) is 4.98 Å². The molecular formula is C11H16N2OS. The molecule has 4 heteroatoms. The van der Waals surface area contributed by atoms with Gasteiger partial charge in [-0.3, -0.25) is 0 Å². The Morgan fingerprint density at radius 3 is 2.60 bits per heavy atom. The number of nitrogens with zero attached hydrogens (tertiary/aromatic N) is 2. The lowest BCUT2D eigenvalue weighted by atomic mass is 9.98. The number of hydrogen-bond donors (Lipinski definition) is 0. The quantitative estimate of drug-likeness (QED) is 0.793. The molecule has 0 saturated carbocycles. The monoisotopic (exact) mass is 224 g/mol. The van der Waals surface area contributed by atoms with Crippen LogP contribution in [-0.2, 0) is 23.2 Å². The van der Waals surface area contributed by atoms with E-state index in [9.17, 15) is 0 Å². The van der Waals surface area contributed by atoms with Crippen molar-refractivity contribution >= 4 is 11.3 Å². The summed E-state index contributed by atoms with van der Waals surface area (Å²) in [6.07, 6.45) is 0.423. The molecule has 0 atom stereocenters. The summed E-state index contributed by atoms with van der Waals surface area (Å²) >= 11 is 1.62. The minimum Gasteiger partial charge on any atom is -0.378 e. The fourth-order valence-corrected chi connectivity index (χ4v) is 2.22. The summed E-state index contributed by atoms with van der Waals surface area (Å²) < 4.78 is 5.08. The smallest absolute Gasteiger partial charge is 0.0986 e. The lowest BCUT2D eigenvalue weighted by Crippen LogP contribution is -2.10. The Labute approximate surface area is 94.7 Å². The van der Waals surface area contributed by atoms with E-state index in [1.165, 1.54) is 0 Å². The molecule has 0 saturated heterocycles. The Morgan fingerprint density at radius 2 is 2.13 bits per heavy atom. The van der Waals surface area contributed by atoms with Gasteiger partial charge in [0, 0.05) is 17.4 Å². The highest BCUT2D eigenvalue weighted by atomic mass is 32.1. The lowest BCUT2D eigenvalue weighted by molar-refractivity contribution is 0.181. The highest BCUT2D eigenvalue weighted by Gasteiger charge is 2.21. The normalized spacial score (nSPS) is 11.4. The summed E-state index contributed by atoms with van der Waals surface area (Å²) in [7, 11) is 1.65. The second-order valence-corrected chi connectivity index (χ2v) is 5.49. The van der Waals surface area contributed by atoms with E-state index in [-0.39, 0.29) is 5.41 Å². The summed E-state index contributed by atoms with van der Waals surface area (Å²) in [5.41, 5.74) is 0.954. The van der Waals surface area contributed by atoms with Gasteiger partial charge >= 0.3 is 0 Å². The number of hydrogen-bond acceptors (Lipinski definition) is 4. The van der Waals surface area contributed by atoms with Crippen molar-refractivity contribution in [1.82, 2.24) is 4.98 Å². The Bertz CT molecular complexity index is 371. The molecule has 1 aromatic heterocycles. The number of aromatic nitrogens is 1. The van der Waals surface area contributed by atoms with Crippen molar-refractivity contribution in [2.45, 2.75) is 39.2 Å². The van der Waals surface area contributed by atoms with E-state index in [2.05, 4.69) is 31.8 Å². The third kappa shape index (κ3) is 3.01. The van der Waals surface area contributed by atoms with Gasteiger partial charge in [0.2, 0.25) is 0 Å². The fraction of sp³-hybridized carbons (Fsp3) is 0.636. The van der Waals surface area contributed by atoms with E-state index in [1.807, 2.05) is 0 Å². The third-order valence-corrected chi connectivity index (χ3v) is 3.46. The maximum atomic E-state index is 8.71. The topological polar surface area (TPSA) is 45.9 Å². The van der Waals surface area contributed by atoms with Crippen molar-refractivity contribution in [2.24, 2.45) is 0 Å². The van der Waals surface area contributed by atoms with Crippen molar-refractivity contribution in [3.63, 3.8) is 0 Å². The Kier molecular flexibility index (Phi) is 3.83. The van der Waals surface area contributed by atoms with Crippen molar-refractivity contribution in [1.29, 1.82) is 5.26 Å². The molecule has 0 aliphatic carbocycles. The molecule has 1 rings (SSSR count). The first-order valence-corrected chi connectivity index (χ1v) is 5.65. The van der Waals surface area contributed by atoms with Crippen LogP contribution in [-0.4, -0.2) is 12.1 Å². The molecule has 1 aromatic rings. The zero-order chi connectivity index (χ0) is 11.5. The van der Waals surface area contributed by atoms with Crippen molar-refractivity contribution in [3.8, 4) is 6.07 Å². The lowest BCUT2D eigenvalue weighted by Gasteiger charge is -2.13. The van der Waals surface area contributed by atoms with E-state index in [0.717, 1.165) is 15.6 Å². The zero-order valence-corrected chi connectivity index (χ0v) is 10.4. The van der Waals surface area contributed by atoms with Gasteiger partial charge in [0.05, 0.1) is 29.8 Å². The average molecular weight is 224 g/mol. The molecule has 1 heterocycles. The molecule has 0 radical (unpaired) electrons. The van der Waals surface area contributed by atoms with E-state index >= 15 is 0 Å². The standard InChI is InChI=1S/C11H16N2OS/c1-11(2,3)10-13-8(7-14-4)9(15-10)5-6-12/h5,7H2,1-4H3. The van der Waals surface area contributed by atoms with Gasteiger partial charge in [-0.05, 0) is 0 Å². The molecule has 82 valence electrons. The van der Waals surface area contributed by atoms with E-state index in [4.69, 9.17) is 10.00 Å². The summed E-state index contributed by atoms with van der Waals surface area (Å²) in [5.74, 6) is 0. The van der Waals surface area contributed by atoms with Crippen LogP contribution in [0.5, 0.6) is 0 Å². The molecule has 0 aromatic carbocycles. The van der Waals surface area contributed by atoms with Crippen LogP contribution in [0.1, 0.15) is 36.3 Å². The van der Waals surface area contributed by atoms with E-state index < -0.39 is 0 Å². The molecule has 0 aliphatic heterocycles. The summed E-state index contributed by atoms with van der Waals surface area (Å²) in [5, 5.41) is 9.78. The molecule has 0 unspecified atom stereocenters. The Morgan fingerprint density at radius 1 is 1.47 bits per heavy atom. The van der Waals surface area contributed by atoms with Crippen molar-refractivity contribution in [3.05, 3.63) is 15.6 Å². The minimum absolute atomic E-state index is 0.0425. The van der Waals surface area contributed by atoms with Gasteiger partial charge in [-0.2, -0.15) is 5.26 Å². The molecular weight excluding hydrogens is 208 g/mol. The fourth-order valence-electron chi connectivity index (χ4n) is 1.16. The molecule has 0 fully saturated rings. The molecule has 0 amide bonds. The van der Waals surface area contributed by atoms with Crippen LogP contribution >= 0.6 is 11.3 Å². The largest absolute Gasteiger partial charge is 0.378 e. The second-order valence-electron chi connectivity index (χ2n) is 4.41. The van der Waals surface area contributed by atoms with Crippen LogP contribution in [0.25, 0.3) is 0 Å². The maximum Gasteiger partial charge on any atom is 0.0986 e. The van der Waals surface area contributed by atoms with E-state index in [0.29, 0.717) is 13.0 Å². The molecule has 15 heavy (non-hydrogen) atoms. The van der Waals surface area contributed by atoms with Crippen LogP contribution in [0.15, 0.2) is 0 Å². The molecule has 0 N–H and O–H groups in total. The number of rotatable bonds is 3. The zero-order valence-electron chi connectivity index (χ0n) is 9.63. The summed E-state index contributed by atoms with van der Waals surface area (Å²) in [6.45, 7) is 6.86. The van der Waals surface area contributed by atoms with Gasteiger partial charge < -0.3 is 4.74 Å². The average Bonchev–Trinajstić information content (AvgIpc) is 2.50. The van der Waals surface area contributed by atoms with Crippen LogP contribution in [0.4, 0.5) is 0 Å². The van der Waals surface area contributed by atoms with Gasteiger partial charge in [-0.1, -0.05) is 20.8 Å². The van der Waals surface area contributed by atoms with Crippen LogP contribution in [0.3, 0.4) is 0 Å². The van der Waals surface area contributed by atoms with Gasteiger partial charge in [0.15, 0.2) is 0 Å². The minimum atomic E-state index is 0.0425. The Hall–Kier alpha value is -0.920. The predicted molar refractivity (Wildman–Crippen MR) is 60.8 cm³/mol. The molecule has 0 bridgehead atoms. The number of methoxy groups -OCH3 is 1. The second kappa shape index (κ2) is 4.73. The Balaban J connectivity index is 3.04. The van der Waals surface area contributed by atoms with Gasteiger partial charge in [0.1, 0.15) is 0 Å². The van der Waals surface area contributed by atoms with Crippen molar-refractivity contribution in [2.75, 3.05) is 7.11 Å².